The highest BCUT2D eigenvalue weighted by Crippen LogP contribution is 2.15. The van der Waals surface area contributed by atoms with E-state index in [9.17, 15) is 9.18 Å². The predicted molar refractivity (Wildman–Crippen MR) is 103 cm³/mol. The minimum Gasteiger partial charge on any atom is -0.399 e. The molecule has 0 heterocycles. The number of anilines is 1. The van der Waals surface area contributed by atoms with Crippen LogP contribution < -0.4 is 11.1 Å². The van der Waals surface area contributed by atoms with E-state index in [-0.39, 0.29) is 11.6 Å². The molecule has 4 heteroatoms. The van der Waals surface area contributed by atoms with Crippen molar-refractivity contribution in [2.45, 2.75) is 6.54 Å². The van der Waals surface area contributed by atoms with Gasteiger partial charge in [0.25, 0.3) is 0 Å². The molecule has 0 unspecified atom stereocenters. The van der Waals surface area contributed by atoms with Crippen LogP contribution in [0.2, 0.25) is 0 Å². The normalized spacial score (nSPS) is 11.2. The third kappa shape index (κ3) is 4.57. The molecule has 0 radical (unpaired) electrons. The van der Waals surface area contributed by atoms with E-state index in [2.05, 4.69) is 5.32 Å². The van der Waals surface area contributed by atoms with E-state index in [1.807, 2.05) is 54.6 Å². The number of hydrogen-bond donors (Lipinski definition) is 2. The van der Waals surface area contributed by atoms with Crippen LogP contribution in [0.1, 0.15) is 21.5 Å². The molecule has 0 aliphatic rings. The van der Waals surface area contributed by atoms with Crippen LogP contribution in [-0.4, -0.2) is 5.78 Å². The van der Waals surface area contributed by atoms with Crippen LogP contribution in [0.3, 0.4) is 0 Å². The van der Waals surface area contributed by atoms with Gasteiger partial charge < -0.3 is 11.1 Å². The number of carbonyl (C=O) groups excluding carboxylic acids is 1. The van der Waals surface area contributed by atoms with Crippen LogP contribution >= 0.6 is 0 Å². The van der Waals surface area contributed by atoms with Gasteiger partial charge in [-0.15, -0.1) is 0 Å². The minimum absolute atomic E-state index is 0.186. The van der Waals surface area contributed by atoms with E-state index in [4.69, 9.17) is 5.73 Å². The zero-order chi connectivity index (χ0) is 18.4. The molecule has 0 aliphatic carbocycles. The summed E-state index contributed by atoms with van der Waals surface area (Å²) in [5.74, 6) is -0.552. The Morgan fingerprint density at radius 1 is 0.885 bits per heavy atom. The van der Waals surface area contributed by atoms with Gasteiger partial charge in [0.15, 0.2) is 5.78 Å². The lowest BCUT2D eigenvalue weighted by Gasteiger charge is -2.12. The van der Waals surface area contributed by atoms with Crippen molar-refractivity contribution in [1.82, 2.24) is 5.32 Å². The number of halogens is 1. The van der Waals surface area contributed by atoms with Gasteiger partial charge in [0.1, 0.15) is 5.82 Å². The summed E-state index contributed by atoms with van der Waals surface area (Å²) < 4.78 is 13.1. The topological polar surface area (TPSA) is 55.1 Å². The Morgan fingerprint density at radius 2 is 1.54 bits per heavy atom. The number of allylic oxidation sites excluding steroid dienone is 1. The van der Waals surface area contributed by atoms with Crippen molar-refractivity contribution in [2.24, 2.45) is 0 Å². The number of benzene rings is 3. The van der Waals surface area contributed by atoms with Gasteiger partial charge in [0, 0.05) is 29.6 Å². The molecule has 0 amide bonds. The van der Waals surface area contributed by atoms with Gasteiger partial charge in [-0.3, -0.25) is 4.79 Å². The molecule has 0 saturated carbocycles. The van der Waals surface area contributed by atoms with Crippen LogP contribution in [-0.2, 0) is 6.54 Å². The number of rotatable bonds is 6. The first-order valence-corrected chi connectivity index (χ1v) is 8.27. The molecule has 130 valence electrons. The second kappa shape index (κ2) is 8.12. The van der Waals surface area contributed by atoms with Gasteiger partial charge in [0.2, 0.25) is 0 Å². The number of carbonyl (C=O) groups is 1. The molecule has 3 nitrogen and oxygen atoms in total. The summed E-state index contributed by atoms with van der Waals surface area (Å²) in [7, 11) is 0. The molecule has 0 atom stereocenters. The number of nitrogens with two attached hydrogens (primary N) is 1. The molecule has 0 aliphatic heterocycles. The summed E-state index contributed by atoms with van der Waals surface area (Å²) in [6, 6.07) is 22.7. The second-order valence-electron chi connectivity index (χ2n) is 5.89. The van der Waals surface area contributed by atoms with Gasteiger partial charge in [0.05, 0.1) is 0 Å². The van der Waals surface area contributed by atoms with E-state index in [0.717, 1.165) is 11.1 Å². The predicted octanol–water partition coefficient (Wildman–Crippen LogP) is 4.42. The van der Waals surface area contributed by atoms with Gasteiger partial charge >= 0.3 is 0 Å². The summed E-state index contributed by atoms with van der Waals surface area (Å²) in [5.41, 5.74) is 9.52. The lowest BCUT2D eigenvalue weighted by atomic mass is 10.1. The summed E-state index contributed by atoms with van der Waals surface area (Å²) in [6.07, 6.45) is 1.54. The molecule has 3 aromatic rings. The van der Waals surface area contributed by atoms with Crippen molar-refractivity contribution in [3.63, 3.8) is 0 Å². The average molecular weight is 346 g/mol. The Labute approximate surface area is 152 Å². The van der Waals surface area contributed by atoms with Gasteiger partial charge in [-0.2, -0.15) is 0 Å². The molecule has 0 spiro atoms. The van der Waals surface area contributed by atoms with E-state index >= 15 is 0 Å². The zero-order valence-electron chi connectivity index (χ0n) is 14.2. The molecule has 3 aromatic carbocycles. The van der Waals surface area contributed by atoms with E-state index < -0.39 is 0 Å². The molecule has 0 fully saturated rings. The molecule has 0 bridgehead atoms. The summed E-state index contributed by atoms with van der Waals surface area (Å²) in [4.78, 5) is 12.5. The van der Waals surface area contributed by atoms with Crippen LogP contribution in [0.5, 0.6) is 0 Å². The average Bonchev–Trinajstić information content (AvgIpc) is 2.67. The maximum absolute atomic E-state index is 13.1. The second-order valence-corrected chi connectivity index (χ2v) is 5.89. The molecule has 3 N–H and O–H groups in total. The van der Waals surface area contributed by atoms with E-state index in [1.54, 1.807) is 6.08 Å². The zero-order valence-corrected chi connectivity index (χ0v) is 14.2. The van der Waals surface area contributed by atoms with Crippen LogP contribution in [0.25, 0.3) is 5.70 Å². The Morgan fingerprint density at radius 3 is 2.19 bits per heavy atom. The lowest BCUT2D eigenvalue weighted by Crippen LogP contribution is -2.13. The standard InChI is InChI=1S/C22H19FN2O/c23-19-10-8-18(9-11-19)22(26)14-21(17-4-2-1-3-5-17)25-15-16-6-12-20(24)13-7-16/h1-14,25H,15,24H2/b21-14-. The third-order valence-electron chi connectivity index (χ3n) is 3.95. The highest BCUT2D eigenvalue weighted by atomic mass is 19.1. The Bertz CT molecular complexity index is 901. The minimum atomic E-state index is -0.365. The lowest BCUT2D eigenvalue weighted by molar-refractivity contribution is 0.104. The van der Waals surface area contributed by atoms with Crippen molar-refractivity contribution in [3.8, 4) is 0 Å². The van der Waals surface area contributed by atoms with Crippen molar-refractivity contribution in [1.29, 1.82) is 0 Å². The molecule has 26 heavy (non-hydrogen) atoms. The maximum Gasteiger partial charge on any atom is 0.187 e. The highest BCUT2D eigenvalue weighted by molar-refractivity contribution is 6.08. The fourth-order valence-electron chi connectivity index (χ4n) is 2.52. The number of nitrogen functional groups attached to an aromatic ring is 1. The quantitative estimate of drug-likeness (QED) is 0.395. The highest BCUT2D eigenvalue weighted by Gasteiger charge is 2.08. The molecule has 3 rings (SSSR count). The molecule has 0 aromatic heterocycles. The van der Waals surface area contributed by atoms with Crippen molar-refractivity contribution >= 4 is 17.2 Å². The van der Waals surface area contributed by atoms with Crippen LogP contribution in [0.4, 0.5) is 10.1 Å². The van der Waals surface area contributed by atoms with Gasteiger partial charge in [-0.25, -0.2) is 4.39 Å². The van der Waals surface area contributed by atoms with Crippen LogP contribution in [0, 0.1) is 5.82 Å². The summed E-state index contributed by atoms with van der Waals surface area (Å²) >= 11 is 0. The van der Waals surface area contributed by atoms with E-state index in [0.29, 0.717) is 23.5 Å². The van der Waals surface area contributed by atoms with Crippen molar-refractivity contribution in [3.05, 3.63) is 107 Å². The summed E-state index contributed by atoms with van der Waals surface area (Å²) in [6.45, 7) is 0.553. The first kappa shape index (κ1) is 17.4. The largest absolute Gasteiger partial charge is 0.399 e. The first-order valence-electron chi connectivity index (χ1n) is 8.27. The molecular formula is C22H19FN2O. The monoisotopic (exact) mass is 346 g/mol. The fourth-order valence-corrected chi connectivity index (χ4v) is 2.52. The molecular weight excluding hydrogens is 327 g/mol. The smallest absolute Gasteiger partial charge is 0.187 e. The summed E-state index contributed by atoms with van der Waals surface area (Å²) in [5, 5.41) is 3.31. The van der Waals surface area contributed by atoms with Crippen molar-refractivity contribution < 1.29 is 9.18 Å². The van der Waals surface area contributed by atoms with E-state index in [1.165, 1.54) is 24.3 Å². The molecule has 0 saturated heterocycles. The number of nitrogens with one attached hydrogen (secondary N) is 1. The first-order chi connectivity index (χ1) is 12.6. The Kier molecular flexibility index (Phi) is 5.44. The SMILES string of the molecule is Nc1ccc(CN/C(=C\C(=O)c2ccc(F)cc2)c2ccccc2)cc1. The van der Waals surface area contributed by atoms with Gasteiger partial charge in [-0.05, 0) is 47.5 Å². The maximum atomic E-state index is 13.1. The van der Waals surface area contributed by atoms with Crippen molar-refractivity contribution in [2.75, 3.05) is 5.73 Å². The Hall–Kier alpha value is -3.40. The Balaban J connectivity index is 1.84. The van der Waals surface area contributed by atoms with Crippen LogP contribution in [0.15, 0.2) is 84.9 Å². The fraction of sp³-hybridized carbons (Fsp3) is 0.0455. The number of hydrogen-bond acceptors (Lipinski definition) is 3. The number of ketones is 1. The van der Waals surface area contributed by atoms with Gasteiger partial charge in [-0.1, -0.05) is 42.5 Å². The third-order valence-corrected chi connectivity index (χ3v) is 3.95.